The molecule has 8 nitrogen and oxygen atoms in total. The van der Waals surface area contributed by atoms with E-state index in [1.54, 1.807) is 20.3 Å². The lowest BCUT2D eigenvalue weighted by atomic mass is 9.93. The number of hydrogen-bond acceptors (Lipinski definition) is 5. The molecular weight excluding hydrogens is 528 g/mol. The highest BCUT2D eigenvalue weighted by atomic mass is 16.5. The Kier molecular flexibility index (Phi) is 9.74. The van der Waals surface area contributed by atoms with Crippen molar-refractivity contribution in [2.45, 2.75) is 64.1 Å². The second kappa shape index (κ2) is 14.0. The Morgan fingerprint density at radius 2 is 1.64 bits per heavy atom. The van der Waals surface area contributed by atoms with Gasteiger partial charge in [-0.05, 0) is 48.2 Å². The third-order valence-corrected chi connectivity index (χ3v) is 8.04. The molecule has 0 atom stereocenters. The third-order valence-electron chi connectivity index (χ3n) is 8.04. The first-order chi connectivity index (χ1) is 20.6. The van der Waals surface area contributed by atoms with Crippen LogP contribution in [-0.2, 0) is 35.5 Å². The highest BCUT2D eigenvalue weighted by molar-refractivity contribution is 5.82. The number of carbonyl (C=O) groups is 2. The predicted octanol–water partition coefficient (Wildman–Crippen LogP) is 5.32. The molecule has 220 valence electrons. The lowest BCUT2D eigenvalue weighted by molar-refractivity contribution is -0.135. The van der Waals surface area contributed by atoms with Gasteiger partial charge in [0, 0.05) is 25.6 Å². The predicted molar refractivity (Wildman–Crippen MR) is 164 cm³/mol. The maximum atomic E-state index is 14.0. The number of aromatic nitrogens is 2. The molecule has 0 bridgehead atoms. The van der Waals surface area contributed by atoms with Crippen molar-refractivity contribution in [1.82, 2.24) is 19.8 Å². The topological polar surface area (TPSA) is 85.7 Å². The minimum atomic E-state index is -0.0905. The van der Waals surface area contributed by atoms with Crippen molar-refractivity contribution in [2.24, 2.45) is 0 Å². The third kappa shape index (κ3) is 7.11. The number of para-hydroxylation sites is 2. The number of rotatable bonds is 12. The summed E-state index contributed by atoms with van der Waals surface area (Å²) in [4.78, 5) is 33.7. The Morgan fingerprint density at radius 1 is 0.905 bits per heavy atom. The van der Waals surface area contributed by atoms with Gasteiger partial charge >= 0.3 is 0 Å². The van der Waals surface area contributed by atoms with E-state index >= 15 is 0 Å². The average molecular weight is 569 g/mol. The van der Waals surface area contributed by atoms with Gasteiger partial charge in [-0.1, -0.05) is 67.8 Å². The van der Waals surface area contributed by atoms with E-state index in [1.165, 1.54) is 6.42 Å². The molecule has 42 heavy (non-hydrogen) atoms. The fourth-order valence-corrected chi connectivity index (χ4v) is 5.86. The molecule has 0 unspecified atom stereocenters. The molecule has 1 aromatic heterocycles. The minimum absolute atomic E-state index is 0.0905. The van der Waals surface area contributed by atoms with E-state index in [0.717, 1.165) is 53.7 Å². The van der Waals surface area contributed by atoms with E-state index in [9.17, 15) is 9.59 Å². The Balaban J connectivity index is 1.28. The molecule has 0 aliphatic heterocycles. The highest BCUT2D eigenvalue weighted by Crippen LogP contribution is 2.28. The van der Waals surface area contributed by atoms with Crippen LogP contribution in [0.15, 0.2) is 72.8 Å². The van der Waals surface area contributed by atoms with Gasteiger partial charge in [-0.3, -0.25) is 9.59 Å². The van der Waals surface area contributed by atoms with Crippen LogP contribution in [0, 0.1) is 0 Å². The van der Waals surface area contributed by atoms with E-state index in [1.807, 2.05) is 59.2 Å². The van der Waals surface area contributed by atoms with Crippen LogP contribution in [0.1, 0.15) is 49.1 Å². The summed E-state index contributed by atoms with van der Waals surface area (Å²) in [5.41, 5.74) is 3.76. The second-order valence-corrected chi connectivity index (χ2v) is 10.9. The molecule has 3 aromatic carbocycles. The van der Waals surface area contributed by atoms with Crippen molar-refractivity contribution in [3.05, 3.63) is 89.7 Å². The molecule has 8 heteroatoms. The van der Waals surface area contributed by atoms with Crippen molar-refractivity contribution in [3.63, 3.8) is 0 Å². The summed E-state index contributed by atoms with van der Waals surface area (Å²) in [6.07, 6.45) is 6.38. The number of nitrogens with zero attached hydrogens (tertiary/aromatic N) is 3. The molecule has 5 rings (SSSR count). The molecule has 1 saturated carbocycles. The summed E-state index contributed by atoms with van der Waals surface area (Å²) in [7, 11) is 3.16. The number of nitrogens with one attached hydrogen (secondary N) is 1. The smallest absolute Gasteiger partial charge is 0.243 e. The van der Waals surface area contributed by atoms with Gasteiger partial charge in [0.1, 0.15) is 12.4 Å². The molecule has 2 amide bonds. The molecule has 0 spiro atoms. The zero-order valence-corrected chi connectivity index (χ0v) is 24.6. The number of imidazole rings is 1. The highest BCUT2D eigenvalue weighted by Gasteiger charge is 2.27. The molecule has 4 aromatic rings. The van der Waals surface area contributed by atoms with Crippen LogP contribution in [0.4, 0.5) is 0 Å². The summed E-state index contributed by atoms with van der Waals surface area (Å²) in [6.45, 7) is 1.25. The Hall–Kier alpha value is -4.33. The SMILES string of the molecule is COc1ccc(CC(=O)NCCc2nc3ccccc3n2CC(=O)N(Cc2ccccc2)C2CCCCC2)cc1OC. The fourth-order valence-electron chi connectivity index (χ4n) is 5.86. The molecule has 1 heterocycles. The van der Waals surface area contributed by atoms with Gasteiger partial charge in [-0.25, -0.2) is 4.98 Å². The zero-order valence-electron chi connectivity index (χ0n) is 24.6. The van der Waals surface area contributed by atoms with Gasteiger partial charge in [0.05, 0.1) is 31.7 Å². The van der Waals surface area contributed by atoms with Gasteiger partial charge in [-0.2, -0.15) is 0 Å². The zero-order chi connectivity index (χ0) is 29.3. The van der Waals surface area contributed by atoms with E-state index in [2.05, 4.69) is 22.3 Å². The summed E-state index contributed by atoms with van der Waals surface area (Å²) in [5, 5.41) is 3.02. The summed E-state index contributed by atoms with van der Waals surface area (Å²) in [6, 6.07) is 23.9. The van der Waals surface area contributed by atoms with Crippen molar-refractivity contribution in [2.75, 3.05) is 20.8 Å². The van der Waals surface area contributed by atoms with Crippen molar-refractivity contribution in [1.29, 1.82) is 0 Å². The van der Waals surface area contributed by atoms with E-state index in [4.69, 9.17) is 14.5 Å². The largest absolute Gasteiger partial charge is 0.493 e. The molecule has 1 N–H and O–H groups in total. The molecule has 0 radical (unpaired) electrons. The van der Waals surface area contributed by atoms with Crippen LogP contribution >= 0.6 is 0 Å². The summed E-state index contributed by atoms with van der Waals surface area (Å²) in [5.74, 6) is 2.02. The number of hydrogen-bond donors (Lipinski definition) is 1. The van der Waals surface area contributed by atoms with Crippen molar-refractivity contribution < 1.29 is 19.1 Å². The van der Waals surface area contributed by atoms with Crippen LogP contribution in [0.25, 0.3) is 11.0 Å². The maximum Gasteiger partial charge on any atom is 0.243 e. The standard InChI is InChI=1S/C34H40N4O4/c1-41-30-18-17-26(21-31(30)42-2)22-33(39)35-20-19-32-36-28-15-9-10-16-29(28)38(32)24-34(40)37(27-13-7-4-8-14-27)23-25-11-5-3-6-12-25/h3,5-6,9-12,15-18,21,27H,4,7-8,13-14,19-20,22-24H2,1-2H3,(H,35,39). The van der Waals surface area contributed by atoms with Crippen molar-refractivity contribution >= 4 is 22.8 Å². The molecular formula is C34H40N4O4. The van der Waals surface area contributed by atoms with Crippen LogP contribution < -0.4 is 14.8 Å². The van der Waals surface area contributed by atoms with Crippen LogP contribution in [0.3, 0.4) is 0 Å². The number of ether oxygens (including phenoxy) is 2. The second-order valence-electron chi connectivity index (χ2n) is 10.9. The van der Waals surface area contributed by atoms with Gasteiger partial charge in [-0.15, -0.1) is 0 Å². The molecule has 1 aliphatic rings. The van der Waals surface area contributed by atoms with E-state index in [-0.39, 0.29) is 30.8 Å². The average Bonchev–Trinajstić information content (AvgIpc) is 3.37. The fraction of sp³-hybridized carbons (Fsp3) is 0.382. The van der Waals surface area contributed by atoms with Gasteiger partial charge in [0.2, 0.25) is 11.8 Å². The number of amides is 2. The van der Waals surface area contributed by atoms with Gasteiger partial charge < -0.3 is 24.3 Å². The van der Waals surface area contributed by atoms with Gasteiger partial charge in [0.25, 0.3) is 0 Å². The Bertz CT molecular complexity index is 1490. The van der Waals surface area contributed by atoms with Crippen LogP contribution in [0.2, 0.25) is 0 Å². The number of methoxy groups -OCH3 is 2. The monoisotopic (exact) mass is 568 g/mol. The van der Waals surface area contributed by atoms with Crippen molar-refractivity contribution in [3.8, 4) is 11.5 Å². The lowest BCUT2D eigenvalue weighted by Gasteiger charge is -2.35. The quantitative estimate of drug-likeness (QED) is 0.250. The Morgan fingerprint density at radius 3 is 2.40 bits per heavy atom. The van der Waals surface area contributed by atoms with E-state index < -0.39 is 0 Å². The maximum absolute atomic E-state index is 14.0. The lowest BCUT2D eigenvalue weighted by Crippen LogP contribution is -2.42. The molecule has 1 fully saturated rings. The number of carbonyl (C=O) groups excluding carboxylic acids is 2. The normalized spacial score (nSPS) is 13.6. The minimum Gasteiger partial charge on any atom is -0.493 e. The first-order valence-electron chi connectivity index (χ1n) is 14.8. The molecule has 1 aliphatic carbocycles. The summed E-state index contributed by atoms with van der Waals surface area (Å²) < 4.78 is 12.7. The van der Waals surface area contributed by atoms with Gasteiger partial charge in [0.15, 0.2) is 11.5 Å². The number of benzene rings is 3. The Labute approximate surface area is 247 Å². The number of fused-ring (bicyclic) bond motifs is 1. The first kappa shape index (κ1) is 29.2. The summed E-state index contributed by atoms with van der Waals surface area (Å²) >= 11 is 0. The molecule has 0 saturated heterocycles. The van der Waals surface area contributed by atoms with E-state index in [0.29, 0.717) is 31.0 Å². The first-order valence-corrected chi connectivity index (χ1v) is 14.8. The van der Waals surface area contributed by atoms with Crippen LogP contribution in [0.5, 0.6) is 11.5 Å². The van der Waals surface area contributed by atoms with Crippen LogP contribution in [-0.4, -0.2) is 53.1 Å².